The molecule has 0 aliphatic carbocycles. The predicted molar refractivity (Wildman–Crippen MR) is 69.1 cm³/mol. The molecule has 0 atom stereocenters. The fourth-order valence-corrected chi connectivity index (χ4v) is 1.37. The molecule has 5 nitrogen and oxygen atoms in total. The topological polar surface area (TPSA) is 70.6 Å². The average Bonchev–Trinajstić information content (AvgIpc) is 2.41. The van der Waals surface area contributed by atoms with Gasteiger partial charge in [0.05, 0.1) is 26.4 Å². The highest BCUT2D eigenvalue weighted by Gasteiger charge is 1.99. The summed E-state index contributed by atoms with van der Waals surface area (Å²) < 4.78 is 5.05. The smallest absolute Gasteiger partial charge is 0.234 e. The van der Waals surface area contributed by atoms with Gasteiger partial charge in [-0.2, -0.15) is 0 Å². The van der Waals surface area contributed by atoms with E-state index in [-0.39, 0.29) is 19.1 Å². The highest BCUT2D eigenvalue weighted by atomic mass is 16.5. The van der Waals surface area contributed by atoms with Crippen molar-refractivity contribution in [1.29, 1.82) is 0 Å². The van der Waals surface area contributed by atoms with E-state index < -0.39 is 0 Å². The molecule has 100 valence electrons. The first-order valence-electron chi connectivity index (χ1n) is 6.03. The van der Waals surface area contributed by atoms with Crippen molar-refractivity contribution in [2.75, 3.05) is 32.9 Å². The molecule has 5 heteroatoms. The normalized spacial score (nSPS) is 10.3. The van der Waals surface area contributed by atoms with Gasteiger partial charge in [-0.1, -0.05) is 30.3 Å². The first kappa shape index (κ1) is 14.6. The van der Waals surface area contributed by atoms with Crippen LogP contribution >= 0.6 is 0 Å². The maximum atomic E-state index is 11.5. The van der Waals surface area contributed by atoms with E-state index in [1.807, 2.05) is 30.3 Å². The summed E-state index contributed by atoms with van der Waals surface area (Å²) in [5.41, 5.74) is 1.08. The SMILES string of the molecule is O=C(CNCCOCCO)NCc1ccccc1. The van der Waals surface area contributed by atoms with E-state index in [4.69, 9.17) is 9.84 Å². The van der Waals surface area contributed by atoms with E-state index in [0.717, 1.165) is 5.56 Å². The Morgan fingerprint density at radius 3 is 2.72 bits per heavy atom. The van der Waals surface area contributed by atoms with E-state index >= 15 is 0 Å². The van der Waals surface area contributed by atoms with E-state index in [2.05, 4.69) is 10.6 Å². The van der Waals surface area contributed by atoms with Gasteiger partial charge in [-0.15, -0.1) is 0 Å². The lowest BCUT2D eigenvalue weighted by atomic mass is 10.2. The summed E-state index contributed by atoms with van der Waals surface area (Å²) in [7, 11) is 0. The number of nitrogens with one attached hydrogen (secondary N) is 2. The van der Waals surface area contributed by atoms with Crippen molar-refractivity contribution >= 4 is 5.91 Å². The third kappa shape index (κ3) is 7.01. The van der Waals surface area contributed by atoms with Crippen LogP contribution in [-0.2, 0) is 16.1 Å². The van der Waals surface area contributed by atoms with Gasteiger partial charge in [-0.05, 0) is 5.56 Å². The molecule has 18 heavy (non-hydrogen) atoms. The Hall–Kier alpha value is -1.43. The maximum Gasteiger partial charge on any atom is 0.234 e. The molecule has 1 rings (SSSR count). The Balaban J connectivity index is 2.01. The van der Waals surface area contributed by atoms with Crippen LogP contribution in [0, 0.1) is 0 Å². The minimum absolute atomic E-state index is 0.0254. The van der Waals surface area contributed by atoms with Crippen LogP contribution in [0.3, 0.4) is 0 Å². The number of hydrogen-bond donors (Lipinski definition) is 3. The van der Waals surface area contributed by atoms with Crippen LogP contribution in [0.5, 0.6) is 0 Å². The molecule has 3 N–H and O–H groups in total. The number of amides is 1. The van der Waals surface area contributed by atoms with E-state index in [9.17, 15) is 4.79 Å². The first-order chi connectivity index (χ1) is 8.83. The molecule has 1 aromatic rings. The first-order valence-corrected chi connectivity index (χ1v) is 6.03. The quantitative estimate of drug-likeness (QED) is 0.537. The number of rotatable bonds is 9. The van der Waals surface area contributed by atoms with Crippen molar-refractivity contribution in [2.24, 2.45) is 0 Å². The Kier molecular flexibility index (Phi) is 7.79. The highest BCUT2D eigenvalue weighted by molar-refractivity contribution is 5.77. The monoisotopic (exact) mass is 252 g/mol. The molecule has 0 bridgehead atoms. The second kappa shape index (κ2) is 9.58. The van der Waals surface area contributed by atoms with Gasteiger partial charge in [0.2, 0.25) is 5.91 Å². The summed E-state index contributed by atoms with van der Waals surface area (Å²) in [6, 6.07) is 9.77. The maximum absolute atomic E-state index is 11.5. The molecule has 0 fully saturated rings. The Bertz CT molecular complexity index is 330. The van der Waals surface area contributed by atoms with Gasteiger partial charge in [0.25, 0.3) is 0 Å². The molecule has 0 saturated heterocycles. The second-order valence-electron chi connectivity index (χ2n) is 3.78. The van der Waals surface area contributed by atoms with Gasteiger partial charge in [-0.25, -0.2) is 0 Å². The fourth-order valence-electron chi connectivity index (χ4n) is 1.37. The van der Waals surface area contributed by atoms with Crippen LogP contribution in [0.25, 0.3) is 0 Å². The lowest BCUT2D eigenvalue weighted by Crippen LogP contribution is -2.35. The number of aliphatic hydroxyl groups is 1. The number of aliphatic hydroxyl groups excluding tert-OH is 1. The summed E-state index contributed by atoms with van der Waals surface area (Å²) in [5.74, 6) is -0.0407. The molecule has 0 spiro atoms. The molecule has 1 aromatic carbocycles. The van der Waals surface area contributed by atoms with Crippen LogP contribution in [-0.4, -0.2) is 43.9 Å². The predicted octanol–water partition coefficient (Wildman–Crippen LogP) is -0.0987. The Morgan fingerprint density at radius 2 is 2.00 bits per heavy atom. The zero-order valence-electron chi connectivity index (χ0n) is 10.4. The fraction of sp³-hybridized carbons (Fsp3) is 0.462. The van der Waals surface area contributed by atoms with E-state index in [1.54, 1.807) is 0 Å². The number of carbonyl (C=O) groups excluding carboxylic acids is 1. The molecular formula is C13H20N2O3. The van der Waals surface area contributed by atoms with Crippen LogP contribution in [0.2, 0.25) is 0 Å². The molecular weight excluding hydrogens is 232 g/mol. The molecule has 0 aliphatic rings. The average molecular weight is 252 g/mol. The van der Waals surface area contributed by atoms with Crippen molar-refractivity contribution in [1.82, 2.24) is 10.6 Å². The molecule has 0 heterocycles. The largest absolute Gasteiger partial charge is 0.394 e. The van der Waals surface area contributed by atoms with Crippen LogP contribution in [0.1, 0.15) is 5.56 Å². The van der Waals surface area contributed by atoms with Crippen molar-refractivity contribution in [3.8, 4) is 0 Å². The van der Waals surface area contributed by atoms with Crippen LogP contribution < -0.4 is 10.6 Å². The molecule has 0 radical (unpaired) electrons. The summed E-state index contributed by atoms with van der Waals surface area (Å²) in [6.45, 7) is 2.27. The van der Waals surface area contributed by atoms with Crippen molar-refractivity contribution < 1.29 is 14.6 Å². The van der Waals surface area contributed by atoms with Crippen molar-refractivity contribution in [3.63, 3.8) is 0 Å². The number of benzene rings is 1. The van der Waals surface area contributed by atoms with Gasteiger partial charge >= 0.3 is 0 Å². The van der Waals surface area contributed by atoms with Gasteiger partial charge in [0.15, 0.2) is 0 Å². The Labute approximate surface area is 107 Å². The zero-order chi connectivity index (χ0) is 13.1. The van der Waals surface area contributed by atoms with Crippen LogP contribution in [0.15, 0.2) is 30.3 Å². The van der Waals surface area contributed by atoms with Crippen LogP contribution in [0.4, 0.5) is 0 Å². The van der Waals surface area contributed by atoms with Crippen molar-refractivity contribution in [3.05, 3.63) is 35.9 Å². The third-order valence-corrected chi connectivity index (χ3v) is 2.28. The lowest BCUT2D eigenvalue weighted by molar-refractivity contribution is -0.120. The zero-order valence-corrected chi connectivity index (χ0v) is 10.4. The highest BCUT2D eigenvalue weighted by Crippen LogP contribution is 1.96. The van der Waals surface area contributed by atoms with Gasteiger partial charge < -0.3 is 20.5 Å². The van der Waals surface area contributed by atoms with E-state index in [0.29, 0.717) is 26.3 Å². The minimum Gasteiger partial charge on any atom is -0.394 e. The molecule has 0 unspecified atom stereocenters. The number of ether oxygens (including phenoxy) is 1. The molecule has 0 aromatic heterocycles. The Morgan fingerprint density at radius 1 is 1.22 bits per heavy atom. The summed E-state index contributed by atoms with van der Waals surface area (Å²) in [4.78, 5) is 11.5. The summed E-state index contributed by atoms with van der Waals surface area (Å²) >= 11 is 0. The lowest BCUT2D eigenvalue weighted by Gasteiger charge is -2.07. The molecule has 0 saturated carbocycles. The third-order valence-electron chi connectivity index (χ3n) is 2.28. The van der Waals surface area contributed by atoms with Gasteiger partial charge in [0, 0.05) is 13.1 Å². The summed E-state index contributed by atoms with van der Waals surface area (Å²) in [6.07, 6.45) is 0. The molecule has 0 aliphatic heterocycles. The second-order valence-corrected chi connectivity index (χ2v) is 3.78. The molecule has 1 amide bonds. The van der Waals surface area contributed by atoms with Gasteiger partial charge in [-0.3, -0.25) is 4.79 Å². The van der Waals surface area contributed by atoms with Gasteiger partial charge in [0.1, 0.15) is 0 Å². The number of carbonyl (C=O) groups is 1. The minimum atomic E-state index is -0.0407. The number of hydrogen-bond acceptors (Lipinski definition) is 4. The van der Waals surface area contributed by atoms with Crippen molar-refractivity contribution in [2.45, 2.75) is 6.54 Å². The standard InChI is InChI=1S/C13H20N2O3/c16-7-9-18-8-6-14-11-13(17)15-10-12-4-2-1-3-5-12/h1-5,14,16H,6-11H2,(H,15,17). The summed E-state index contributed by atoms with van der Waals surface area (Å²) in [5, 5.41) is 14.3. The van der Waals surface area contributed by atoms with E-state index in [1.165, 1.54) is 0 Å².